The van der Waals surface area contributed by atoms with Gasteiger partial charge in [-0.2, -0.15) is 0 Å². The van der Waals surface area contributed by atoms with Crippen molar-refractivity contribution in [1.82, 2.24) is 5.32 Å². The minimum atomic E-state index is -1.88. The molecule has 7 aliphatic rings. The van der Waals surface area contributed by atoms with Crippen molar-refractivity contribution in [2.75, 3.05) is 20.8 Å². The van der Waals surface area contributed by atoms with Gasteiger partial charge in [-0.05, 0) is 62.8 Å². The largest absolute Gasteiger partial charge is 0.462 e. The molecule has 362 valence electrons. The Kier molecular flexibility index (Phi) is 15.7. The molecule has 6 heterocycles. The van der Waals surface area contributed by atoms with Gasteiger partial charge in [0.05, 0.1) is 55.4 Å². The lowest BCUT2D eigenvalue weighted by Gasteiger charge is -2.48. The van der Waals surface area contributed by atoms with E-state index in [0.717, 1.165) is 5.57 Å². The van der Waals surface area contributed by atoms with Crippen LogP contribution in [0.4, 0.5) is 0 Å². The summed E-state index contributed by atoms with van der Waals surface area (Å²) in [6, 6.07) is -0.318. The molecular weight excluding hydrogens is 841 g/mol. The highest BCUT2D eigenvalue weighted by Crippen LogP contribution is 2.46. The van der Waals surface area contributed by atoms with Crippen molar-refractivity contribution < 1.29 is 67.3 Å². The van der Waals surface area contributed by atoms with Gasteiger partial charge in [-0.25, -0.2) is 0 Å². The summed E-state index contributed by atoms with van der Waals surface area (Å²) in [6.07, 6.45) is 9.32. The quantitative estimate of drug-likeness (QED) is 0.118. The lowest BCUT2D eigenvalue weighted by Crippen LogP contribution is -2.58. The van der Waals surface area contributed by atoms with Gasteiger partial charge in [-0.3, -0.25) is 9.59 Å². The lowest BCUT2D eigenvalue weighted by atomic mass is 9.71. The summed E-state index contributed by atoms with van der Waals surface area (Å²) in [4.78, 5) is 26.3. The number of methoxy groups -OCH3 is 2. The molecule has 0 aromatic carbocycles. The van der Waals surface area contributed by atoms with E-state index in [1.54, 1.807) is 33.3 Å². The van der Waals surface area contributed by atoms with E-state index in [2.05, 4.69) is 50.3 Å². The first-order valence-corrected chi connectivity index (χ1v) is 23.4. The monoisotopic (exact) mass is 912 g/mol. The van der Waals surface area contributed by atoms with E-state index >= 15 is 0 Å². The third kappa shape index (κ3) is 10.4. The Morgan fingerprint density at radius 3 is 2.34 bits per heavy atom. The number of nitrogens with one attached hydrogen (secondary N) is 1. The molecule has 7 rings (SSSR count). The summed E-state index contributed by atoms with van der Waals surface area (Å²) < 4.78 is 64.3. The number of ether oxygens (including phenoxy) is 10. The van der Waals surface area contributed by atoms with E-state index in [0.29, 0.717) is 36.8 Å². The van der Waals surface area contributed by atoms with Gasteiger partial charge in [0, 0.05) is 58.7 Å². The third-order valence-electron chi connectivity index (χ3n) is 14.3. The second-order valence-corrected chi connectivity index (χ2v) is 19.5. The maximum Gasteiger partial charge on any atom is 0.316 e. The fourth-order valence-electron chi connectivity index (χ4n) is 10.9. The summed E-state index contributed by atoms with van der Waals surface area (Å²) in [5.74, 6) is -2.91. The predicted octanol–water partition coefficient (Wildman–Crippen LogP) is 5.60. The van der Waals surface area contributed by atoms with E-state index in [-0.39, 0.29) is 66.8 Å². The first-order chi connectivity index (χ1) is 30.9. The Hall–Kier alpha value is -3.29. The van der Waals surface area contributed by atoms with Crippen molar-refractivity contribution in [2.24, 2.45) is 28.8 Å². The second kappa shape index (κ2) is 20.5. The topological polar surface area (TPSA) is 191 Å². The number of allylic oxidation sites excluding steroid dienone is 2. The van der Waals surface area contributed by atoms with Crippen molar-refractivity contribution in [1.29, 1.82) is 0 Å². The molecule has 16 nitrogen and oxygen atoms in total. The van der Waals surface area contributed by atoms with E-state index < -0.39 is 78.6 Å². The zero-order valence-corrected chi connectivity index (χ0v) is 39.8. The van der Waals surface area contributed by atoms with Crippen LogP contribution in [0.15, 0.2) is 64.4 Å². The van der Waals surface area contributed by atoms with Gasteiger partial charge in [0.25, 0.3) is 0 Å². The van der Waals surface area contributed by atoms with Gasteiger partial charge in [0.15, 0.2) is 18.4 Å². The number of nitrogens with zero attached hydrogens (tertiary/aromatic N) is 1. The van der Waals surface area contributed by atoms with E-state index in [1.165, 1.54) is 6.92 Å². The highest BCUT2D eigenvalue weighted by Gasteiger charge is 2.60. The fourth-order valence-corrected chi connectivity index (χ4v) is 10.9. The zero-order valence-electron chi connectivity index (χ0n) is 39.8. The highest BCUT2D eigenvalue weighted by atomic mass is 16.7. The summed E-state index contributed by atoms with van der Waals surface area (Å²) in [6.45, 7) is 17.5. The molecule has 1 aliphatic carbocycles. The molecule has 6 aliphatic heterocycles. The number of carbonyl (C=O) groups excluding carboxylic acids is 2. The van der Waals surface area contributed by atoms with Crippen LogP contribution in [-0.2, 0) is 57.0 Å². The Labute approximate surface area is 383 Å². The normalized spacial score (nSPS) is 46.4. The van der Waals surface area contributed by atoms with Crippen molar-refractivity contribution in [2.45, 2.75) is 185 Å². The number of rotatable bonds is 8. The Morgan fingerprint density at radius 1 is 0.938 bits per heavy atom. The second-order valence-electron chi connectivity index (χ2n) is 19.5. The molecule has 0 radical (unpaired) electrons. The molecule has 1 spiro atoms. The van der Waals surface area contributed by atoms with Crippen LogP contribution in [0.3, 0.4) is 0 Å². The van der Waals surface area contributed by atoms with Crippen molar-refractivity contribution >= 4 is 17.6 Å². The summed E-state index contributed by atoms with van der Waals surface area (Å²) in [5, 5.41) is 29.1. The van der Waals surface area contributed by atoms with Crippen LogP contribution < -0.4 is 5.32 Å². The SMILES string of the molecule is CO[C@H]1C[C@H](O[C@H]2[C@H](C)O[C@@H](O[C@@H]3/C(C)=C/C[C@@H]4C[C@@H](C[C@]5(C=C[C@H](C)[C@@H](C(C)C)O5)O4)OC(=O)[C@@H]4C=C(C)/C(=N/O)[C@H]5OC/C(=C\C=C\[C@@H]3C)[C@]54O)C[C@@H]2OC)O[C@@H](C)[C@H]1NC(C)=O. The minimum Gasteiger partial charge on any atom is -0.462 e. The van der Waals surface area contributed by atoms with Crippen molar-refractivity contribution in [3.8, 4) is 0 Å². The molecule has 18 atom stereocenters. The van der Waals surface area contributed by atoms with Crippen molar-refractivity contribution in [3.05, 3.63) is 59.3 Å². The maximum atomic E-state index is 14.4. The first kappa shape index (κ1) is 49.6. The summed E-state index contributed by atoms with van der Waals surface area (Å²) in [5.41, 5.74) is 0.175. The number of fused-ring (bicyclic) bond motifs is 2. The Morgan fingerprint density at radius 2 is 1.65 bits per heavy atom. The van der Waals surface area contributed by atoms with E-state index in [9.17, 15) is 19.9 Å². The molecule has 1 amide bonds. The van der Waals surface area contributed by atoms with Gasteiger partial charge < -0.3 is 63.0 Å². The molecule has 4 saturated heterocycles. The number of aliphatic hydroxyl groups is 1. The molecule has 0 saturated carbocycles. The summed E-state index contributed by atoms with van der Waals surface area (Å²) >= 11 is 0. The lowest BCUT2D eigenvalue weighted by molar-refractivity contribution is -0.311. The standard InChI is InChI=1S/C49H72N2O14/c1-25(2)43-28(5)17-18-48(65-43)23-35-20-34(64-48)16-15-27(4)44(26(3)13-12-14-33-24-58-46-41(51-55)29(6)19-36(47(53)61-35)49(33,46)54)62-40-22-38(57-11)45(31(8)60-40)63-39-21-37(56-10)42(30(7)59-39)50-32(9)52/h12-15,17-19,25-26,28,30-31,34-40,42-46,54-55H,16,20-24H2,1-11H3,(H,50,52)/b13-12+,27-15+,33-14+,51-41-/t26-,28-,30-,31-,34+,35-,36-,37-,38-,39-,40-,42+,43+,44-,45-,46+,48+,49+/m0/s1. The summed E-state index contributed by atoms with van der Waals surface area (Å²) in [7, 11) is 3.26. The first-order valence-electron chi connectivity index (χ1n) is 23.4. The molecule has 16 heteroatoms. The molecule has 0 aromatic rings. The molecule has 2 bridgehead atoms. The van der Waals surface area contributed by atoms with Crippen LogP contribution in [0, 0.1) is 23.7 Å². The highest BCUT2D eigenvalue weighted by molar-refractivity contribution is 6.07. The number of amides is 1. The Balaban J connectivity index is 1.17. The van der Waals surface area contributed by atoms with Crippen LogP contribution in [0.2, 0.25) is 0 Å². The van der Waals surface area contributed by atoms with Crippen LogP contribution >= 0.6 is 0 Å². The smallest absolute Gasteiger partial charge is 0.316 e. The van der Waals surface area contributed by atoms with Crippen LogP contribution in [0.1, 0.15) is 94.4 Å². The van der Waals surface area contributed by atoms with Gasteiger partial charge in [0.2, 0.25) is 5.91 Å². The average Bonchev–Trinajstić information content (AvgIpc) is 3.59. The zero-order chi connectivity index (χ0) is 47.0. The van der Waals surface area contributed by atoms with Crippen LogP contribution in [0.5, 0.6) is 0 Å². The fraction of sp³-hybridized carbons (Fsp3) is 0.735. The molecule has 0 aromatic heterocycles. The number of hydrogen-bond donors (Lipinski definition) is 3. The van der Waals surface area contributed by atoms with Gasteiger partial charge >= 0.3 is 5.97 Å². The number of esters is 1. The third-order valence-corrected chi connectivity index (χ3v) is 14.3. The molecular formula is C49H72N2O14. The van der Waals surface area contributed by atoms with Gasteiger partial charge in [-0.15, -0.1) is 0 Å². The molecule has 3 N–H and O–H groups in total. The molecule has 0 unspecified atom stereocenters. The van der Waals surface area contributed by atoms with Crippen molar-refractivity contribution in [3.63, 3.8) is 0 Å². The minimum absolute atomic E-state index is 0.000789. The molecule has 65 heavy (non-hydrogen) atoms. The predicted molar refractivity (Wildman–Crippen MR) is 238 cm³/mol. The average molecular weight is 913 g/mol. The van der Waals surface area contributed by atoms with Crippen LogP contribution in [-0.4, -0.2) is 140 Å². The maximum absolute atomic E-state index is 14.4. The van der Waals surface area contributed by atoms with Gasteiger partial charge in [0.1, 0.15) is 35.5 Å². The van der Waals surface area contributed by atoms with Crippen LogP contribution in [0.25, 0.3) is 0 Å². The number of oxime groups is 1. The molecule has 4 fully saturated rings. The number of carbonyl (C=O) groups is 2. The number of hydrogen-bond acceptors (Lipinski definition) is 15. The van der Waals surface area contributed by atoms with E-state index in [1.807, 2.05) is 39.0 Å². The Bertz CT molecular complexity index is 1910. The van der Waals surface area contributed by atoms with E-state index in [4.69, 9.17) is 47.4 Å². The van der Waals surface area contributed by atoms with Gasteiger partial charge in [-0.1, -0.05) is 69.3 Å².